The largest absolute Gasteiger partial charge is 0.454 e. The van der Waals surface area contributed by atoms with E-state index in [1.54, 1.807) is 36.1 Å². The summed E-state index contributed by atoms with van der Waals surface area (Å²) >= 11 is 22.0. The molecule has 0 saturated carbocycles. The molecule has 236 valence electrons. The molecule has 0 radical (unpaired) electrons. The second-order valence-electron chi connectivity index (χ2n) is 10.4. The lowest BCUT2D eigenvalue weighted by molar-refractivity contribution is 0.174. The highest BCUT2D eigenvalue weighted by atomic mass is 35.5. The van der Waals surface area contributed by atoms with Gasteiger partial charge in [0, 0.05) is 52.2 Å². The van der Waals surface area contributed by atoms with Gasteiger partial charge in [0.25, 0.3) is 0 Å². The number of thiophene rings is 2. The van der Waals surface area contributed by atoms with Gasteiger partial charge in [0.1, 0.15) is 20.6 Å². The van der Waals surface area contributed by atoms with Crippen LogP contribution in [0.15, 0.2) is 67.3 Å². The molecule has 0 amide bonds. The first kappa shape index (κ1) is 31.5. The predicted octanol–water partition coefficient (Wildman–Crippen LogP) is 9.47. The highest BCUT2D eigenvalue weighted by Gasteiger charge is 2.18. The van der Waals surface area contributed by atoms with Crippen molar-refractivity contribution in [2.75, 3.05) is 18.7 Å². The minimum absolute atomic E-state index is 0.281. The fraction of sp³-hybridized carbons (Fsp3) is 0.152. The number of hydrogen-bond donors (Lipinski definition) is 1. The van der Waals surface area contributed by atoms with E-state index in [2.05, 4.69) is 31.3 Å². The zero-order chi connectivity index (χ0) is 32.5. The molecule has 0 atom stereocenters. The van der Waals surface area contributed by atoms with E-state index >= 15 is 0 Å². The first-order chi connectivity index (χ1) is 22.9. The van der Waals surface area contributed by atoms with Gasteiger partial charge in [0.15, 0.2) is 23.1 Å². The number of fused-ring (bicyclic) bond motifs is 3. The monoisotopic (exact) mass is 719 g/mol. The number of aryl methyl sites for hydroxylation is 2. The minimum Gasteiger partial charge on any atom is -0.454 e. The molecule has 1 aliphatic rings. The Hall–Kier alpha value is -4.13. The van der Waals surface area contributed by atoms with Gasteiger partial charge in [-0.1, -0.05) is 40.9 Å². The lowest BCUT2D eigenvalue weighted by Gasteiger charge is -2.10. The van der Waals surface area contributed by atoms with Gasteiger partial charge in [-0.2, -0.15) is 0 Å². The smallest absolute Gasteiger partial charge is 0.231 e. The molecule has 0 bridgehead atoms. The molecule has 0 aliphatic carbocycles. The molecule has 47 heavy (non-hydrogen) atoms. The number of benzene rings is 1. The first-order valence-corrected chi connectivity index (χ1v) is 17.1. The maximum absolute atomic E-state index is 6.55. The minimum atomic E-state index is 0.281. The van der Waals surface area contributed by atoms with Gasteiger partial charge in [-0.05, 0) is 62.2 Å². The van der Waals surface area contributed by atoms with Crippen LogP contribution in [0, 0.1) is 13.8 Å². The Morgan fingerprint density at radius 1 is 0.702 bits per heavy atom. The topological polar surface area (TPSA) is 108 Å². The van der Waals surface area contributed by atoms with Gasteiger partial charge >= 0.3 is 0 Å². The number of aromatic nitrogens is 6. The third kappa shape index (κ3) is 6.54. The highest BCUT2D eigenvalue weighted by Crippen LogP contribution is 2.40. The summed E-state index contributed by atoms with van der Waals surface area (Å²) in [5.74, 6) is 3.58. The summed E-state index contributed by atoms with van der Waals surface area (Å²) in [6.07, 6.45) is 7.69. The van der Waals surface area contributed by atoms with Crippen LogP contribution in [-0.4, -0.2) is 43.2 Å². The van der Waals surface area contributed by atoms with E-state index in [1.165, 1.54) is 11.3 Å². The third-order valence-corrected chi connectivity index (χ3v) is 10.7. The van der Waals surface area contributed by atoms with Crippen molar-refractivity contribution in [1.82, 2.24) is 29.9 Å². The summed E-state index contributed by atoms with van der Waals surface area (Å²) in [5.41, 5.74) is 2.97. The lowest BCUT2D eigenvalue weighted by Crippen LogP contribution is -2.08. The SMILES string of the molecule is Cc1sc2nc(-c3ccncc3)nc(Cl)c2c1Cl.Cc1sc2nc(-c3ccncc3)nc(NCCc3ccc4c(c3)OCO4)c2c1Cl. The molecule has 14 heteroatoms. The predicted molar refractivity (Wildman–Crippen MR) is 191 cm³/mol. The number of halogens is 3. The van der Waals surface area contributed by atoms with Crippen molar-refractivity contribution < 1.29 is 9.47 Å². The van der Waals surface area contributed by atoms with E-state index in [0.717, 1.165) is 70.6 Å². The molecule has 9 nitrogen and oxygen atoms in total. The Balaban J connectivity index is 0.000000167. The molecule has 8 rings (SSSR count). The zero-order valence-corrected chi connectivity index (χ0v) is 28.8. The summed E-state index contributed by atoms with van der Waals surface area (Å²) in [7, 11) is 0. The van der Waals surface area contributed by atoms with Crippen molar-refractivity contribution >= 4 is 83.7 Å². The normalized spacial score (nSPS) is 11.9. The Labute approximate surface area is 292 Å². The summed E-state index contributed by atoms with van der Waals surface area (Å²) in [5, 5.41) is 6.79. The summed E-state index contributed by atoms with van der Waals surface area (Å²) in [6.45, 7) is 4.92. The van der Waals surface area contributed by atoms with E-state index in [-0.39, 0.29) is 6.79 Å². The molecule has 7 heterocycles. The Bertz CT molecular complexity index is 2230. The number of anilines is 1. The van der Waals surface area contributed by atoms with Crippen LogP contribution in [0.2, 0.25) is 15.2 Å². The van der Waals surface area contributed by atoms with Crippen LogP contribution in [0.4, 0.5) is 5.82 Å². The molecule has 0 fully saturated rings. The summed E-state index contributed by atoms with van der Waals surface area (Å²) in [4.78, 5) is 30.0. The van der Waals surface area contributed by atoms with Gasteiger partial charge in [-0.25, -0.2) is 19.9 Å². The summed E-state index contributed by atoms with van der Waals surface area (Å²) in [6, 6.07) is 13.5. The quantitative estimate of drug-likeness (QED) is 0.168. The summed E-state index contributed by atoms with van der Waals surface area (Å²) < 4.78 is 10.8. The highest BCUT2D eigenvalue weighted by molar-refractivity contribution is 7.19. The van der Waals surface area contributed by atoms with Gasteiger partial charge in [-0.3, -0.25) is 9.97 Å². The van der Waals surface area contributed by atoms with Crippen LogP contribution in [0.3, 0.4) is 0 Å². The average molecular weight is 721 g/mol. The van der Waals surface area contributed by atoms with Crippen molar-refractivity contribution in [2.24, 2.45) is 0 Å². The second-order valence-corrected chi connectivity index (χ2v) is 13.9. The zero-order valence-electron chi connectivity index (χ0n) is 24.9. The van der Waals surface area contributed by atoms with E-state index in [9.17, 15) is 0 Å². The van der Waals surface area contributed by atoms with Crippen molar-refractivity contribution in [2.45, 2.75) is 20.3 Å². The van der Waals surface area contributed by atoms with Crippen LogP contribution in [0.5, 0.6) is 11.5 Å². The van der Waals surface area contributed by atoms with E-state index in [4.69, 9.17) is 54.2 Å². The van der Waals surface area contributed by atoms with E-state index in [0.29, 0.717) is 33.4 Å². The van der Waals surface area contributed by atoms with Crippen LogP contribution < -0.4 is 14.8 Å². The van der Waals surface area contributed by atoms with Gasteiger partial charge in [0.05, 0.1) is 20.8 Å². The standard InChI is InChI=1S/C21H17ClN4O2S.C12H7Cl2N3S/c1-12-18(22)17-20(24-9-4-13-2-3-15-16(10-13)28-11-27-15)25-19(26-21(17)29-12)14-5-7-23-8-6-14;1-6-9(13)8-10(14)16-11(17-12(8)18-6)7-2-4-15-5-3-7/h2-3,5-8,10H,4,9,11H2,1H3,(H,24,25,26);2-5H,1H3. The molecule has 7 aromatic rings. The maximum atomic E-state index is 6.55. The average Bonchev–Trinajstić information content (AvgIpc) is 3.76. The second kappa shape index (κ2) is 13.5. The maximum Gasteiger partial charge on any atom is 0.231 e. The Kier molecular flexibility index (Phi) is 9.07. The molecular formula is C33H24Cl3N7O2S2. The van der Waals surface area contributed by atoms with Crippen molar-refractivity contribution in [3.63, 3.8) is 0 Å². The molecule has 0 saturated heterocycles. The van der Waals surface area contributed by atoms with Crippen molar-refractivity contribution in [3.8, 4) is 34.3 Å². The van der Waals surface area contributed by atoms with Crippen molar-refractivity contribution in [3.05, 3.63) is 97.8 Å². The lowest BCUT2D eigenvalue weighted by atomic mass is 10.1. The van der Waals surface area contributed by atoms with Crippen molar-refractivity contribution in [1.29, 1.82) is 0 Å². The fourth-order valence-corrected chi connectivity index (χ4v) is 7.83. The molecule has 0 unspecified atom stereocenters. The Morgan fingerprint density at radius 3 is 1.94 bits per heavy atom. The van der Waals surface area contributed by atoms with E-state index < -0.39 is 0 Å². The van der Waals surface area contributed by atoms with Crippen LogP contribution in [-0.2, 0) is 6.42 Å². The molecule has 6 aromatic heterocycles. The molecular weight excluding hydrogens is 697 g/mol. The number of nitrogens with one attached hydrogen (secondary N) is 1. The number of rotatable bonds is 6. The Morgan fingerprint density at radius 2 is 1.28 bits per heavy atom. The number of pyridine rings is 2. The van der Waals surface area contributed by atoms with Gasteiger partial charge in [0.2, 0.25) is 6.79 Å². The van der Waals surface area contributed by atoms with Gasteiger partial charge in [-0.15, -0.1) is 22.7 Å². The molecule has 1 aliphatic heterocycles. The van der Waals surface area contributed by atoms with E-state index in [1.807, 2.05) is 50.2 Å². The fourth-order valence-electron chi connectivity index (χ4n) is 4.93. The molecule has 0 spiro atoms. The molecule has 1 aromatic carbocycles. The number of hydrogen-bond acceptors (Lipinski definition) is 11. The number of ether oxygens (including phenoxy) is 2. The first-order valence-electron chi connectivity index (χ1n) is 14.4. The third-order valence-electron chi connectivity index (χ3n) is 7.28. The van der Waals surface area contributed by atoms with Crippen LogP contribution in [0.1, 0.15) is 15.3 Å². The van der Waals surface area contributed by atoms with Gasteiger partial charge < -0.3 is 14.8 Å². The molecule has 1 N–H and O–H groups in total. The van der Waals surface area contributed by atoms with Crippen LogP contribution in [0.25, 0.3) is 43.2 Å². The van der Waals surface area contributed by atoms with Crippen LogP contribution >= 0.6 is 57.5 Å². The number of nitrogens with zero attached hydrogens (tertiary/aromatic N) is 6.